The first-order chi connectivity index (χ1) is 15.9. The van der Waals surface area contributed by atoms with Crippen molar-refractivity contribution in [3.8, 4) is 0 Å². The minimum absolute atomic E-state index is 0.194. The van der Waals surface area contributed by atoms with Gasteiger partial charge in [0.05, 0.1) is 13.2 Å². The highest BCUT2D eigenvalue weighted by Gasteiger charge is 2.32. The van der Waals surface area contributed by atoms with Crippen LogP contribution in [0.15, 0.2) is 59.8 Å². The number of anilines is 2. The number of thioether (sulfide) groups is 1. The van der Waals surface area contributed by atoms with Gasteiger partial charge in [-0.3, -0.25) is 9.36 Å². The third-order valence-corrected chi connectivity index (χ3v) is 5.98. The molecular formula is C22H22F3N5O2S. The number of carbonyl (C=O) groups is 1. The molecule has 2 heterocycles. The fourth-order valence-corrected chi connectivity index (χ4v) is 4.22. The number of ether oxygens (including phenoxy) is 1. The zero-order valence-electron chi connectivity index (χ0n) is 17.6. The molecule has 33 heavy (non-hydrogen) atoms. The van der Waals surface area contributed by atoms with E-state index in [9.17, 15) is 18.0 Å². The third-order valence-electron chi connectivity index (χ3n) is 4.94. The number of carbonyl (C=O) groups excluding carboxylic acids is 1. The zero-order valence-corrected chi connectivity index (χ0v) is 18.4. The molecule has 0 bridgehead atoms. The summed E-state index contributed by atoms with van der Waals surface area (Å²) < 4.78 is 46.0. The van der Waals surface area contributed by atoms with E-state index >= 15 is 0 Å². The molecule has 0 radical (unpaired) electrons. The molecule has 0 saturated carbocycles. The number of aromatic nitrogens is 3. The summed E-state index contributed by atoms with van der Waals surface area (Å²) in [7, 11) is 0. The number of para-hydroxylation sites is 1. The Morgan fingerprint density at radius 1 is 1.03 bits per heavy atom. The van der Waals surface area contributed by atoms with Gasteiger partial charge in [-0.15, -0.1) is 10.2 Å². The number of halogens is 3. The van der Waals surface area contributed by atoms with Gasteiger partial charge in [0.1, 0.15) is 6.54 Å². The number of morpholine rings is 1. The van der Waals surface area contributed by atoms with E-state index < -0.39 is 12.7 Å². The maximum Gasteiger partial charge on any atom is 0.406 e. The Labute approximate surface area is 192 Å². The monoisotopic (exact) mass is 477 g/mol. The van der Waals surface area contributed by atoms with E-state index in [0.717, 1.165) is 10.1 Å². The van der Waals surface area contributed by atoms with Crippen LogP contribution in [0.3, 0.4) is 0 Å². The summed E-state index contributed by atoms with van der Waals surface area (Å²) in [4.78, 5) is 14.1. The van der Waals surface area contributed by atoms with Crippen LogP contribution in [0.2, 0.25) is 0 Å². The van der Waals surface area contributed by atoms with Crippen LogP contribution in [0.4, 0.5) is 24.8 Å². The number of hydrogen-bond donors (Lipinski definition) is 1. The first-order valence-electron chi connectivity index (χ1n) is 10.3. The summed E-state index contributed by atoms with van der Waals surface area (Å²) in [6.45, 7) is 0.644. The Morgan fingerprint density at radius 2 is 1.73 bits per heavy atom. The molecule has 1 aliphatic heterocycles. The van der Waals surface area contributed by atoms with Crippen LogP contribution in [-0.4, -0.2) is 53.2 Å². The molecule has 7 nitrogen and oxygen atoms in total. The summed E-state index contributed by atoms with van der Waals surface area (Å²) in [6.07, 6.45) is -4.40. The number of rotatable bonds is 7. The normalized spacial score (nSPS) is 14.3. The van der Waals surface area contributed by atoms with Crippen LogP contribution >= 0.6 is 11.8 Å². The van der Waals surface area contributed by atoms with Gasteiger partial charge < -0.3 is 15.0 Å². The van der Waals surface area contributed by atoms with Crippen LogP contribution in [-0.2, 0) is 17.0 Å². The molecule has 1 amide bonds. The van der Waals surface area contributed by atoms with E-state index in [1.807, 2.05) is 18.2 Å². The highest BCUT2D eigenvalue weighted by Crippen LogP contribution is 2.29. The number of nitrogens with zero attached hydrogens (tertiary/aromatic N) is 4. The van der Waals surface area contributed by atoms with Crippen LogP contribution < -0.4 is 10.2 Å². The molecule has 174 valence electrons. The lowest BCUT2D eigenvalue weighted by Gasteiger charge is -2.28. The molecule has 0 aliphatic carbocycles. The lowest BCUT2D eigenvalue weighted by Crippen LogP contribution is -2.38. The van der Waals surface area contributed by atoms with Crippen LogP contribution in [0.5, 0.6) is 0 Å². The molecule has 1 saturated heterocycles. The van der Waals surface area contributed by atoms with Crippen molar-refractivity contribution in [3.63, 3.8) is 0 Å². The Morgan fingerprint density at radius 3 is 2.39 bits per heavy atom. The number of benzene rings is 2. The van der Waals surface area contributed by atoms with Crippen LogP contribution in [0, 0.1) is 0 Å². The van der Waals surface area contributed by atoms with Gasteiger partial charge in [0.15, 0.2) is 5.16 Å². The first-order valence-corrected chi connectivity index (χ1v) is 11.3. The third kappa shape index (κ3) is 6.26. The Kier molecular flexibility index (Phi) is 7.19. The molecule has 1 N–H and O–H groups in total. The maximum atomic E-state index is 13.2. The number of alkyl halides is 3. The highest BCUT2D eigenvalue weighted by molar-refractivity contribution is 7.98. The molecule has 1 aliphatic rings. The molecule has 0 atom stereocenters. The fourth-order valence-electron chi connectivity index (χ4n) is 3.33. The smallest absolute Gasteiger partial charge is 0.378 e. The molecule has 3 aromatic rings. The van der Waals surface area contributed by atoms with E-state index in [0.29, 0.717) is 43.3 Å². The van der Waals surface area contributed by atoms with Gasteiger partial charge in [-0.25, -0.2) is 0 Å². The lowest BCUT2D eigenvalue weighted by atomic mass is 10.1. The summed E-state index contributed by atoms with van der Waals surface area (Å²) in [5.41, 5.74) is 2.04. The van der Waals surface area contributed by atoms with Crippen molar-refractivity contribution >= 4 is 29.3 Å². The lowest BCUT2D eigenvalue weighted by molar-refractivity contribution is -0.141. The Hall–Kier alpha value is -3.05. The largest absolute Gasteiger partial charge is 0.406 e. The Bertz CT molecular complexity index is 1070. The van der Waals surface area contributed by atoms with Crippen molar-refractivity contribution in [2.45, 2.75) is 23.6 Å². The average molecular weight is 478 g/mol. The van der Waals surface area contributed by atoms with Gasteiger partial charge >= 0.3 is 6.18 Å². The van der Waals surface area contributed by atoms with Gasteiger partial charge in [0, 0.05) is 30.1 Å². The minimum Gasteiger partial charge on any atom is -0.378 e. The molecule has 1 aromatic heterocycles. The highest BCUT2D eigenvalue weighted by atomic mass is 32.2. The van der Waals surface area contributed by atoms with Gasteiger partial charge in [-0.1, -0.05) is 42.1 Å². The predicted molar refractivity (Wildman–Crippen MR) is 120 cm³/mol. The molecule has 1 fully saturated rings. The van der Waals surface area contributed by atoms with Crippen molar-refractivity contribution in [1.82, 2.24) is 14.8 Å². The molecule has 0 spiro atoms. The maximum absolute atomic E-state index is 13.2. The second-order valence-electron chi connectivity index (χ2n) is 7.39. The summed E-state index contributed by atoms with van der Waals surface area (Å²) in [6, 6.07) is 16.1. The molecule has 4 rings (SSSR count). The van der Waals surface area contributed by atoms with Crippen LogP contribution in [0.25, 0.3) is 0 Å². The number of amides is 1. The van der Waals surface area contributed by atoms with E-state index in [1.54, 1.807) is 41.3 Å². The van der Waals surface area contributed by atoms with Gasteiger partial charge in [-0.05, 0) is 29.8 Å². The second kappa shape index (κ2) is 10.3. The zero-order chi connectivity index (χ0) is 23.3. The van der Waals surface area contributed by atoms with Crippen molar-refractivity contribution < 1.29 is 22.7 Å². The van der Waals surface area contributed by atoms with E-state index in [1.165, 1.54) is 11.8 Å². The molecule has 0 unspecified atom stereocenters. The minimum atomic E-state index is -4.40. The predicted octanol–water partition coefficient (Wildman–Crippen LogP) is 4.22. The van der Waals surface area contributed by atoms with E-state index in [4.69, 9.17) is 4.74 Å². The second-order valence-corrected chi connectivity index (χ2v) is 8.33. The van der Waals surface area contributed by atoms with Crippen molar-refractivity contribution in [2.24, 2.45) is 0 Å². The molecule has 11 heteroatoms. The van der Waals surface area contributed by atoms with E-state index in [-0.39, 0.29) is 17.0 Å². The van der Waals surface area contributed by atoms with E-state index in [2.05, 4.69) is 15.5 Å². The summed E-state index contributed by atoms with van der Waals surface area (Å²) in [5.74, 6) is 0.353. The van der Waals surface area contributed by atoms with Crippen molar-refractivity contribution in [3.05, 3.63) is 65.7 Å². The average Bonchev–Trinajstić information content (AvgIpc) is 3.20. The Balaban J connectivity index is 1.43. The summed E-state index contributed by atoms with van der Waals surface area (Å²) in [5, 5.41) is 11.0. The number of hydrogen-bond acceptors (Lipinski definition) is 6. The summed E-state index contributed by atoms with van der Waals surface area (Å²) >= 11 is 1.17. The standard InChI is InChI=1S/C22H22F3N5O2S/c23-22(24,25)15-30-20(29-10-12-32-13-11-29)27-28-21(30)33-14-16-6-8-17(9-7-16)19(31)26-18-4-2-1-3-5-18/h1-9H,10-15H2,(H,26,31). The van der Waals surface area contributed by atoms with Gasteiger partial charge in [0.25, 0.3) is 5.91 Å². The SMILES string of the molecule is O=C(Nc1ccccc1)c1ccc(CSc2nnc(N3CCOCC3)n2CC(F)(F)F)cc1. The van der Waals surface area contributed by atoms with Gasteiger partial charge in [-0.2, -0.15) is 13.2 Å². The molecule has 2 aromatic carbocycles. The molecular weight excluding hydrogens is 455 g/mol. The number of nitrogens with one attached hydrogen (secondary N) is 1. The quantitative estimate of drug-likeness (QED) is 0.514. The van der Waals surface area contributed by atoms with Crippen molar-refractivity contribution in [1.29, 1.82) is 0 Å². The first kappa shape index (κ1) is 23.1. The fraction of sp³-hybridized carbons (Fsp3) is 0.318. The topological polar surface area (TPSA) is 72.3 Å². The van der Waals surface area contributed by atoms with Crippen LogP contribution in [0.1, 0.15) is 15.9 Å². The van der Waals surface area contributed by atoms with Gasteiger partial charge in [0.2, 0.25) is 5.95 Å². The van der Waals surface area contributed by atoms with Crippen molar-refractivity contribution in [2.75, 3.05) is 36.5 Å².